The minimum Gasteiger partial charge on any atom is -0.257 e. The summed E-state index contributed by atoms with van der Waals surface area (Å²) in [4.78, 5) is 9.57. The van der Waals surface area contributed by atoms with Crippen molar-refractivity contribution in [2.24, 2.45) is 0 Å². The van der Waals surface area contributed by atoms with Crippen LogP contribution < -0.4 is 0 Å². The predicted octanol–water partition coefficient (Wildman–Crippen LogP) is 5.35. The zero-order valence-electron chi connectivity index (χ0n) is 14.4. The average molecular weight is 302 g/mol. The standard InChI is InChI=1S/C21H22N2/c1-13-9-14(2)11-18(10-13)21-17(5)22-12-19(23-21)20-15(3)7-6-8-16(20)4/h6-12H,1-5H3. The topological polar surface area (TPSA) is 25.8 Å². The second-order valence-corrected chi connectivity index (χ2v) is 6.33. The zero-order chi connectivity index (χ0) is 16.6. The lowest BCUT2D eigenvalue weighted by molar-refractivity contribution is 1.12. The molecule has 2 nitrogen and oxygen atoms in total. The van der Waals surface area contributed by atoms with Crippen LogP contribution >= 0.6 is 0 Å². The molecular formula is C21H22N2. The molecule has 0 spiro atoms. The highest BCUT2D eigenvalue weighted by atomic mass is 14.8. The molecule has 0 aliphatic rings. The quantitative estimate of drug-likeness (QED) is 0.637. The maximum Gasteiger partial charge on any atom is 0.0922 e. The van der Waals surface area contributed by atoms with E-state index in [4.69, 9.17) is 4.98 Å². The van der Waals surface area contributed by atoms with Crippen LogP contribution in [0.2, 0.25) is 0 Å². The van der Waals surface area contributed by atoms with Gasteiger partial charge in [-0.15, -0.1) is 0 Å². The Morgan fingerprint density at radius 3 is 2.00 bits per heavy atom. The van der Waals surface area contributed by atoms with E-state index in [-0.39, 0.29) is 0 Å². The minimum atomic E-state index is 0.945. The Morgan fingerprint density at radius 1 is 0.783 bits per heavy atom. The number of aromatic nitrogens is 2. The number of aryl methyl sites for hydroxylation is 5. The van der Waals surface area contributed by atoms with Gasteiger partial charge >= 0.3 is 0 Å². The van der Waals surface area contributed by atoms with E-state index in [9.17, 15) is 0 Å². The minimum absolute atomic E-state index is 0.945. The fourth-order valence-corrected chi connectivity index (χ4v) is 3.17. The lowest BCUT2D eigenvalue weighted by Crippen LogP contribution is -1.98. The summed E-state index contributed by atoms with van der Waals surface area (Å²) in [5, 5.41) is 0. The van der Waals surface area contributed by atoms with Gasteiger partial charge in [-0.3, -0.25) is 4.98 Å². The van der Waals surface area contributed by atoms with Crippen LogP contribution in [0.1, 0.15) is 27.9 Å². The number of benzene rings is 2. The first-order valence-electron chi connectivity index (χ1n) is 7.94. The summed E-state index contributed by atoms with van der Waals surface area (Å²) >= 11 is 0. The molecule has 116 valence electrons. The van der Waals surface area contributed by atoms with E-state index < -0.39 is 0 Å². The maximum absolute atomic E-state index is 4.95. The summed E-state index contributed by atoms with van der Waals surface area (Å²) in [5.74, 6) is 0. The van der Waals surface area contributed by atoms with Gasteiger partial charge in [0.2, 0.25) is 0 Å². The van der Waals surface area contributed by atoms with E-state index >= 15 is 0 Å². The number of nitrogens with zero attached hydrogens (tertiary/aromatic N) is 2. The lowest BCUT2D eigenvalue weighted by atomic mass is 9.99. The van der Waals surface area contributed by atoms with Gasteiger partial charge in [0.05, 0.1) is 23.3 Å². The summed E-state index contributed by atoms with van der Waals surface area (Å²) in [7, 11) is 0. The molecule has 1 aromatic heterocycles. The first kappa shape index (κ1) is 15.4. The van der Waals surface area contributed by atoms with E-state index in [0.29, 0.717) is 0 Å². The van der Waals surface area contributed by atoms with Gasteiger partial charge < -0.3 is 0 Å². The van der Waals surface area contributed by atoms with Gasteiger partial charge in [0.1, 0.15) is 0 Å². The Kier molecular flexibility index (Phi) is 3.99. The molecule has 0 amide bonds. The van der Waals surface area contributed by atoms with Crippen molar-refractivity contribution < 1.29 is 0 Å². The molecule has 0 saturated heterocycles. The van der Waals surface area contributed by atoms with Crippen LogP contribution in [0.25, 0.3) is 22.5 Å². The Bertz CT molecular complexity index is 839. The molecule has 0 radical (unpaired) electrons. The van der Waals surface area contributed by atoms with Gasteiger partial charge in [0.15, 0.2) is 0 Å². The summed E-state index contributed by atoms with van der Waals surface area (Å²) < 4.78 is 0. The van der Waals surface area contributed by atoms with Crippen LogP contribution in [-0.4, -0.2) is 9.97 Å². The van der Waals surface area contributed by atoms with Gasteiger partial charge in [0, 0.05) is 11.1 Å². The smallest absolute Gasteiger partial charge is 0.0922 e. The third-order valence-corrected chi connectivity index (χ3v) is 4.19. The van der Waals surface area contributed by atoms with Crippen molar-refractivity contribution >= 4 is 0 Å². The van der Waals surface area contributed by atoms with Crippen molar-refractivity contribution in [2.75, 3.05) is 0 Å². The zero-order valence-corrected chi connectivity index (χ0v) is 14.4. The highest BCUT2D eigenvalue weighted by molar-refractivity contribution is 5.71. The van der Waals surface area contributed by atoms with Gasteiger partial charge in [-0.2, -0.15) is 0 Å². The van der Waals surface area contributed by atoms with Gasteiger partial charge in [-0.25, -0.2) is 4.98 Å². The summed E-state index contributed by atoms with van der Waals surface area (Å²) in [6.45, 7) is 10.5. The van der Waals surface area contributed by atoms with Crippen molar-refractivity contribution in [2.45, 2.75) is 34.6 Å². The van der Waals surface area contributed by atoms with Crippen LogP contribution in [-0.2, 0) is 0 Å². The average Bonchev–Trinajstić information content (AvgIpc) is 2.47. The van der Waals surface area contributed by atoms with Gasteiger partial charge in [0.25, 0.3) is 0 Å². The molecule has 0 aliphatic heterocycles. The molecule has 23 heavy (non-hydrogen) atoms. The fraction of sp³-hybridized carbons (Fsp3) is 0.238. The van der Waals surface area contributed by atoms with E-state index in [1.165, 1.54) is 27.8 Å². The number of hydrogen-bond donors (Lipinski definition) is 0. The van der Waals surface area contributed by atoms with Crippen molar-refractivity contribution in [1.29, 1.82) is 0 Å². The molecule has 0 fully saturated rings. The molecule has 2 aromatic carbocycles. The third kappa shape index (κ3) is 3.02. The summed E-state index contributed by atoms with van der Waals surface area (Å²) in [6.07, 6.45) is 1.89. The Balaban J connectivity index is 2.21. The molecule has 3 rings (SSSR count). The first-order valence-corrected chi connectivity index (χ1v) is 7.94. The molecule has 0 aliphatic carbocycles. The summed E-state index contributed by atoms with van der Waals surface area (Å²) in [5.41, 5.74) is 10.2. The highest BCUT2D eigenvalue weighted by Gasteiger charge is 2.12. The second-order valence-electron chi connectivity index (χ2n) is 6.33. The molecule has 0 bridgehead atoms. The number of rotatable bonds is 2. The number of hydrogen-bond acceptors (Lipinski definition) is 2. The third-order valence-electron chi connectivity index (χ3n) is 4.19. The molecule has 3 aromatic rings. The molecule has 1 heterocycles. The highest BCUT2D eigenvalue weighted by Crippen LogP contribution is 2.29. The second kappa shape index (κ2) is 5.96. The van der Waals surface area contributed by atoms with E-state index in [2.05, 4.69) is 69.1 Å². The van der Waals surface area contributed by atoms with Crippen LogP contribution in [0.5, 0.6) is 0 Å². The van der Waals surface area contributed by atoms with Crippen LogP contribution in [0.15, 0.2) is 42.6 Å². The molecule has 0 N–H and O–H groups in total. The van der Waals surface area contributed by atoms with E-state index in [0.717, 1.165) is 22.6 Å². The molecular weight excluding hydrogens is 280 g/mol. The van der Waals surface area contributed by atoms with E-state index in [1.807, 2.05) is 13.1 Å². The monoisotopic (exact) mass is 302 g/mol. The SMILES string of the molecule is Cc1cc(C)cc(-c2nc(-c3c(C)cccc3C)cnc2C)c1. The van der Waals surface area contributed by atoms with Crippen LogP contribution in [0.4, 0.5) is 0 Å². The maximum atomic E-state index is 4.95. The fourth-order valence-electron chi connectivity index (χ4n) is 3.17. The predicted molar refractivity (Wildman–Crippen MR) is 96.6 cm³/mol. The van der Waals surface area contributed by atoms with Crippen LogP contribution in [0.3, 0.4) is 0 Å². The Hall–Kier alpha value is -2.48. The lowest BCUT2D eigenvalue weighted by Gasteiger charge is -2.12. The largest absolute Gasteiger partial charge is 0.257 e. The van der Waals surface area contributed by atoms with Gasteiger partial charge in [-0.1, -0.05) is 35.4 Å². The normalized spacial score (nSPS) is 10.8. The summed E-state index contributed by atoms with van der Waals surface area (Å²) in [6, 6.07) is 12.9. The van der Waals surface area contributed by atoms with Crippen molar-refractivity contribution in [1.82, 2.24) is 9.97 Å². The van der Waals surface area contributed by atoms with Crippen LogP contribution in [0, 0.1) is 34.6 Å². The molecule has 0 saturated carbocycles. The van der Waals surface area contributed by atoms with Gasteiger partial charge in [-0.05, 0) is 57.9 Å². The molecule has 0 unspecified atom stereocenters. The van der Waals surface area contributed by atoms with Crippen molar-refractivity contribution in [3.05, 3.63) is 70.5 Å². The molecule has 0 atom stereocenters. The first-order chi connectivity index (χ1) is 11.0. The Labute approximate surface area is 138 Å². The molecule has 2 heteroatoms. The Morgan fingerprint density at radius 2 is 1.39 bits per heavy atom. The van der Waals surface area contributed by atoms with Crippen molar-refractivity contribution in [3.8, 4) is 22.5 Å². The van der Waals surface area contributed by atoms with Crippen molar-refractivity contribution in [3.63, 3.8) is 0 Å². The van der Waals surface area contributed by atoms with E-state index in [1.54, 1.807) is 0 Å².